The molecule has 0 aliphatic heterocycles. The van der Waals surface area contributed by atoms with Gasteiger partial charge in [-0.1, -0.05) is 23.9 Å². The highest BCUT2D eigenvalue weighted by atomic mass is 32.2. The first kappa shape index (κ1) is 18.9. The van der Waals surface area contributed by atoms with Crippen LogP contribution in [0.15, 0.2) is 52.1 Å². The first-order valence-electron chi connectivity index (χ1n) is 8.06. The molecule has 3 rings (SSSR count). The van der Waals surface area contributed by atoms with Crippen LogP contribution in [0.5, 0.6) is 11.5 Å². The molecule has 0 spiro atoms. The number of aromatic nitrogens is 2. The zero-order valence-corrected chi connectivity index (χ0v) is 15.6. The second kappa shape index (κ2) is 8.68. The van der Waals surface area contributed by atoms with Gasteiger partial charge < -0.3 is 13.9 Å². The fourth-order valence-corrected chi connectivity index (χ4v) is 2.97. The van der Waals surface area contributed by atoms with E-state index in [1.54, 1.807) is 0 Å². The molecule has 8 heteroatoms. The monoisotopic (exact) mass is 388 g/mol. The van der Waals surface area contributed by atoms with Crippen LogP contribution < -0.4 is 9.47 Å². The van der Waals surface area contributed by atoms with Gasteiger partial charge in [0.25, 0.3) is 11.1 Å². The van der Waals surface area contributed by atoms with Crippen LogP contribution in [0.4, 0.5) is 4.39 Å². The van der Waals surface area contributed by atoms with Gasteiger partial charge in [-0.05, 0) is 42.8 Å². The molecule has 1 heterocycles. The summed E-state index contributed by atoms with van der Waals surface area (Å²) in [5, 5.41) is 8.01. The van der Waals surface area contributed by atoms with E-state index in [0.717, 1.165) is 23.4 Å². The van der Waals surface area contributed by atoms with Gasteiger partial charge in [-0.2, -0.15) is 0 Å². The van der Waals surface area contributed by atoms with Gasteiger partial charge in [-0.3, -0.25) is 4.79 Å². The van der Waals surface area contributed by atoms with Crippen molar-refractivity contribution < 1.29 is 23.1 Å². The lowest BCUT2D eigenvalue weighted by molar-refractivity contribution is 0.101. The second-order valence-electron chi connectivity index (χ2n) is 5.62. The minimum Gasteiger partial charge on any atom is -0.496 e. The van der Waals surface area contributed by atoms with E-state index in [1.807, 2.05) is 31.2 Å². The fraction of sp³-hybridized carbons (Fsp3) is 0.211. The normalized spacial score (nSPS) is 10.6. The number of benzene rings is 2. The summed E-state index contributed by atoms with van der Waals surface area (Å²) >= 11 is 1.07. The Morgan fingerprint density at radius 3 is 2.85 bits per heavy atom. The van der Waals surface area contributed by atoms with Crippen LogP contribution in [-0.4, -0.2) is 28.8 Å². The van der Waals surface area contributed by atoms with E-state index in [9.17, 15) is 9.18 Å². The molecule has 27 heavy (non-hydrogen) atoms. The van der Waals surface area contributed by atoms with Crippen molar-refractivity contribution in [2.24, 2.45) is 0 Å². The molecule has 0 unspecified atom stereocenters. The third-order valence-corrected chi connectivity index (χ3v) is 4.41. The molecule has 0 radical (unpaired) electrons. The Hall–Kier alpha value is -2.87. The molecule has 140 valence electrons. The summed E-state index contributed by atoms with van der Waals surface area (Å²) in [5.41, 5.74) is 1.26. The van der Waals surface area contributed by atoms with Crippen LogP contribution in [-0.2, 0) is 6.61 Å². The number of methoxy groups -OCH3 is 1. The SMILES string of the molecule is COc1ccc(F)cc1C(=O)CSc1nnc(COc2cccc(C)c2)o1. The average molecular weight is 388 g/mol. The van der Waals surface area contributed by atoms with Crippen molar-refractivity contribution in [3.63, 3.8) is 0 Å². The molecule has 0 amide bonds. The zero-order valence-electron chi connectivity index (χ0n) is 14.8. The van der Waals surface area contributed by atoms with Crippen molar-refractivity contribution in [1.29, 1.82) is 0 Å². The number of Topliss-reactive ketones (excluding diaryl/α,β-unsaturated/α-hetero) is 1. The summed E-state index contributed by atoms with van der Waals surface area (Å²) in [6.45, 7) is 2.10. The maximum atomic E-state index is 13.4. The first-order chi connectivity index (χ1) is 13.0. The molecule has 0 N–H and O–H groups in total. The Balaban J connectivity index is 1.56. The number of thioether (sulfide) groups is 1. The minimum atomic E-state index is -0.502. The molecule has 1 aromatic heterocycles. The standard InChI is InChI=1S/C19H17FN2O4S/c1-12-4-3-5-14(8-12)25-10-18-21-22-19(26-18)27-11-16(23)15-9-13(20)6-7-17(15)24-2/h3-9H,10-11H2,1-2H3. The van der Waals surface area contributed by atoms with Crippen LogP contribution in [0.1, 0.15) is 21.8 Å². The largest absolute Gasteiger partial charge is 0.496 e. The number of ether oxygens (including phenoxy) is 2. The van der Waals surface area contributed by atoms with Crippen LogP contribution in [0.2, 0.25) is 0 Å². The molecule has 3 aromatic rings. The molecular weight excluding hydrogens is 371 g/mol. The molecule has 0 aliphatic carbocycles. The molecule has 6 nitrogen and oxygen atoms in total. The molecule has 0 saturated heterocycles. The molecular formula is C19H17FN2O4S. The number of rotatable bonds is 8. The Labute approximate surface area is 159 Å². The summed E-state index contributed by atoms with van der Waals surface area (Å²) in [6.07, 6.45) is 0. The van der Waals surface area contributed by atoms with Crippen molar-refractivity contribution >= 4 is 17.5 Å². The number of ketones is 1. The third-order valence-electron chi connectivity index (χ3n) is 3.59. The van der Waals surface area contributed by atoms with E-state index in [2.05, 4.69) is 10.2 Å². The van der Waals surface area contributed by atoms with Crippen molar-refractivity contribution in [3.8, 4) is 11.5 Å². The number of carbonyl (C=O) groups excluding carboxylic acids is 1. The van der Waals surface area contributed by atoms with Gasteiger partial charge in [0.2, 0.25) is 0 Å². The molecule has 0 bridgehead atoms. The van der Waals surface area contributed by atoms with E-state index >= 15 is 0 Å². The maximum Gasteiger partial charge on any atom is 0.277 e. The average Bonchev–Trinajstić information content (AvgIpc) is 3.12. The Morgan fingerprint density at radius 1 is 1.22 bits per heavy atom. The zero-order chi connectivity index (χ0) is 19.2. The third kappa shape index (κ3) is 5.07. The van der Waals surface area contributed by atoms with Crippen LogP contribution in [0, 0.1) is 12.7 Å². The highest BCUT2D eigenvalue weighted by Gasteiger charge is 2.16. The molecule has 2 aromatic carbocycles. The van der Waals surface area contributed by atoms with Crippen molar-refractivity contribution in [2.45, 2.75) is 18.8 Å². The molecule has 0 aliphatic rings. The van der Waals surface area contributed by atoms with Gasteiger partial charge in [0, 0.05) is 0 Å². The fourth-order valence-electron chi connectivity index (χ4n) is 2.31. The van der Waals surface area contributed by atoms with E-state index in [1.165, 1.54) is 19.2 Å². The van der Waals surface area contributed by atoms with Gasteiger partial charge in [-0.25, -0.2) is 4.39 Å². The number of halogens is 1. The summed E-state index contributed by atoms with van der Waals surface area (Å²) in [4.78, 5) is 12.3. The van der Waals surface area contributed by atoms with E-state index in [-0.39, 0.29) is 28.9 Å². The van der Waals surface area contributed by atoms with Crippen molar-refractivity contribution in [3.05, 3.63) is 65.3 Å². The van der Waals surface area contributed by atoms with E-state index in [4.69, 9.17) is 13.9 Å². The Kier molecular flexibility index (Phi) is 6.08. The van der Waals surface area contributed by atoms with Gasteiger partial charge in [-0.15, -0.1) is 10.2 Å². The van der Waals surface area contributed by atoms with Gasteiger partial charge in [0.1, 0.15) is 17.3 Å². The summed E-state index contributed by atoms with van der Waals surface area (Å²) < 4.78 is 29.5. The lowest BCUT2D eigenvalue weighted by Crippen LogP contribution is -2.05. The lowest BCUT2D eigenvalue weighted by Gasteiger charge is -2.06. The van der Waals surface area contributed by atoms with E-state index < -0.39 is 5.82 Å². The van der Waals surface area contributed by atoms with Gasteiger partial charge in [0.15, 0.2) is 12.4 Å². The summed E-state index contributed by atoms with van der Waals surface area (Å²) in [7, 11) is 1.43. The van der Waals surface area contributed by atoms with Gasteiger partial charge >= 0.3 is 0 Å². The lowest BCUT2D eigenvalue weighted by atomic mass is 10.1. The first-order valence-corrected chi connectivity index (χ1v) is 9.05. The minimum absolute atomic E-state index is 0.0141. The maximum absolute atomic E-state index is 13.4. The van der Waals surface area contributed by atoms with Crippen molar-refractivity contribution in [1.82, 2.24) is 10.2 Å². The predicted molar refractivity (Wildman–Crippen MR) is 97.8 cm³/mol. The number of hydrogen-bond acceptors (Lipinski definition) is 7. The molecule has 0 fully saturated rings. The number of carbonyl (C=O) groups is 1. The highest BCUT2D eigenvalue weighted by Crippen LogP contribution is 2.24. The summed E-state index contributed by atoms with van der Waals surface area (Å²) in [6, 6.07) is 11.4. The second-order valence-corrected chi connectivity index (χ2v) is 6.55. The number of aryl methyl sites for hydroxylation is 1. The Bertz CT molecular complexity index is 945. The molecule has 0 saturated carbocycles. The Morgan fingerprint density at radius 2 is 2.07 bits per heavy atom. The van der Waals surface area contributed by atoms with Crippen LogP contribution >= 0.6 is 11.8 Å². The predicted octanol–water partition coefficient (Wildman–Crippen LogP) is 4.08. The molecule has 0 atom stereocenters. The number of nitrogens with zero attached hydrogens (tertiary/aromatic N) is 2. The summed E-state index contributed by atoms with van der Waals surface area (Å²) in [5.74, 6) is 0.537. The topological polar surface area (TPSA) is 74.5 Å². The quantitative estimate of drug-likeness (QED) is 0.425. The van der Waals surface area contributed by atoms with Gasteiger partial charge in [0.05, 0.1) is 18.4 Å². The van der Waals surface area contributed by atoms with E-state index in [0.29, 0.717) is 17.4 Å². The van der Waals surface area contributed by atoms with Crippen LogP contribution in [0.3, 0.4) is 0 Å². The highest BCUT2D eigenvalue weighted by molar-refractivity contribution is 7.99. The smallest absolute Gasteiger partial charge is 0.277 e. The van der Waals surface area contributed by atoms with Crippen molar-refractivity contribution in [2.75, 3.05) is 12.9 Å². The van der Waals surface area contributed by atoms with Crippen LogP contribution in [0.25, 0.3) is 0 Å². The number of hydrogen-bond donors (Lipinski definition) is 0.